The van der Waals surface area contributed by atoms with E-state index in [-0.39, 0.29) is 22.6 Å². The standard InChI is InChI=1S/C19H25N3O4S2/c1-13(23)21-8-2-3-15-9-16(6-7-17(15)21)28(25,26)22-12-27-11-18(22)19(24)20-10-14-4-5-14/h6-7,9,14,18H,2-5,8,10-12H2,1H3,(H,20,24). The number of nitrogens with one attached hydrogen (secondary N) is 1. The van der Waals surface area contributed by atoms with Crippen molar-refractivity contribution in [1.29, 1.82) is 0 Å². The number of amides is 2. The van der Waals surface area contributed by atoms with Crippen molar-refractivity contribution in [3.8, 4) is 0 Å². The maximum absolute atomic E-state index is 13.3. The van der Waals surface area contributed by atoms with Gasteiger partial charge in [-0.15, -0.1) is 11.8 Å². The highest BCUT2D eigenvalue weighted by Gasteiger charge is 2.40. The first-order chi connectivity index (χ1) is 13.4. The third-order valence-corrected chi connectivity index (χ3v) is 8.59. The van der Waals surface area contributed by atoms with E-state index >= 15 is 0 Å². The Morgan fingerprint density at radius 2 is 2.07 bits per heavy atom. The van der Waals surface area contributed by atoms with Crippen LogP contribution >= 0.6 is 11.8 Å². The van der Waals surface area contributed by atoms with Crippen LogP contribution in [0.2, 0.25) is 0 Å². The first kappa shape index (κ1) is 19.7. The minimum absolute atomic E-state index is 0.0418. The van der Waals surface area contributed by atoms with Crippen molar-refractivity contribution < 1.29 is 18.0 Å². The van der Waals surface area contributed by atoms with Gasteiger partial charge in [-0.1, -0.05) is 0 Å². The van der Waals surface area contributed by atoms with Crippen LogP contribution in [0.15, 0.2) is 23.1 Å². The van der Waals surface area contributed by atoms with Gasteiger partial charge in [0, 0.05) is 31.5 Å². The SMILES string of the molecule is CC(=O)N1CCCc2cc(S(=O)(=O)N3CSCC3C(=O)NCC3CC3)ccc21. The van der Waals surface area contributed by atoms with Crippen molar-refractivity contribution in [1.82, 2.24) is 9.62 Å². The molecule has 28 heavy (non-hydrogen) atoms. The molecule has 1 atom stereocenters. The minimum atomic E-state index is -3.78. The monoisotopic (exact) mass is 423 g/mol. The van der Waals surface area contributed by atoms with Crippen LogP contribution in [0.5, 0.6) is 0 Å². The molecule has 2 fully saturated rings. The Bertz CT molecular complexity index is 898. The van der Waals surface area contributed by atoms with Gasteiger partial charge in [0.2, 0.25) is 21.8 Å². The van der Waals surface area contributed by atoms with Crippen molar-refractivity contribution in [3.05, 3.63) is 23.8 Å². The van der Waals surface area contributed by atoms with Crippen LogP contribution in [0.4, 0.5) is 5.69 Å². The zero-order valence-electron chi connectivity index (χ0n) is 15.9. The van der Waals surface area contributed by atoms with Gasteiger partial charge in [-0.25, -0.2) is 8.42 Å². The van der Waals surface area contributed by atoms with E-state index in [0.717, 1.165) is 36.9 Å². The second-order valence-electron chi connectivity index (χ2n) is 7.66. The zero-order valence-corrected chi connectivity index (χ0v) is 17.5. The first-order valence-corrected chi connectivity index (χ1v) is 12.3. The Kier molecular flexibility index (Phi) is 5.41. The fourth-order valence-corrected chi connectivity index (χ4v) is 6.95. The average Bonchev–Trinajstić information content (AvgIpc) is 3.37. The van der Waals surface area contributed by atoms with Gasteiger partial charge in [-0.3, -0.25) is 9.59 Å². The van der Waals surface area contributed by atoms with Crippen molar-refractivity contribution >= 4 is 39.3 Å². The third-order valence-electron chi connectivity index (χ3n) is 5.56. The number of rotatable bonds is 5. The van der Waals surface area contributed by atoms with Gasteiger partial charge in [-0.05, 0) is 55.4 Å². The van der Waals surface area contributed by atoms with Gasteiger partial charge in [0.25, 0.3) is 0 Å². The normalized spacial score (nSPS) is 22.8. The van der Waals surface area contributed by atoms with Crippen molar-refractivity contribution in [2.24, 2.45) is 5.92 Å². The van der Waals surface area contributed by atoms with Crippen molar-refractivity contribution in [2.75, 3.05) is 29.6 Å². The van der Waals surface area contributed by atoms with E-state index in [4.69, 9.17) is 0 Å². The summed E-state index contributed by atoms with van der Waals surface area (Å²) in [5.74, 6) is 1.05. The number of hydrogen-bond acceptors (Lipinski definition) is 5. The molecule has 1 aliphatic carbocycles. The Morgan fingerprint density at radius 1 is 1.29 bits per heavy atom. The predicted octanol–water partition coefficient (Wildman–Crippen LogP) is 1.58. The van der Waals surface area contributed by atoms with Crippen LogP contribution in [0.25, 0.3) is 0 Å². The molecule has 152 valence electrons. The predicted molar refractivity (Wildman–Crippen MR) is 109 cm³/mol. The Labute approximate surface area is 169 Å². The van der Waals surface area contributed by atoms with E-state index in [1.807, 2.05) is 0 Å². The number of sulfonamides is 1. The van der Waals surface area contributed by atoms with Crippen LogP contribution in [0, 0.1) is 5.92 Å². The topological polar surface area (TPSA) is 86.8 Å². The highest BCUT2D eigenvalue weighted by atomic mass is 32.2. The van der Waals surface area contributed by atoms with Crippen molar-refractivity contribution in [2.45, 2.75) is 43.5 Å². The summed E-state index contributed by atoms with van der Waals surface area (Å²) in [6, 6.07) is 4.27. The molecular weight excluding hydrogens is 398 g/mol. The first-order valence-electron chi connectivity index (χ1n) is 9.66. The fourth-order valence-electron chi connectivity index (χ4n) is 3.75. The summed E-state index contributed by atoms with van der Waals surface area (Å²) in [5, 5.41) is 2.91. The van der Waals surface area contributed by atoms with Gasteiger partial charge in [0.1, 0.15) is 6.04 Å². The number of carbonyl (C=O) groups is 2. The summed E-state index contributed by atoms with van der Waals surface area (Å²) >= 11 is 1.46. The Hall–Kier alpha value is -1.58. The molecule has 2 amide bonds. The molecule has 1 N–H and O–H groups in total. The molecule has 0 radical (unpaired) electrons. The number of hydrogen-bond donors (Lipinski definition) is 1. The molecule has 2 heterocycles. The number of aryl methyl sites for hydroxylation is 1. The molecular formula is C19H25N3O4S2. The minimum Gasteiger partial charge on any atom is -0.354 e. The van der Waals surface area contributed by atoms with E-state index in [1.54, 1.807) is 23.1 Å². The highest BCUT2D eigenvalue weighted by molar-refractivity contribution is 8.00. The molecule has 1 unspecified atom stereocenters. The quantitative estimate of drug-likeness (QED) is 0.777. The lowest BCUT2D eigenvalue weighted by Crippen LogP contribution is -2.47. The number of nitrogens with zero attached hydrogens (tertiary/aromatic N) is 2. The number of thioether (sulfide) groups is 1. The fraction of sp³-hybridized carbons (Fsp3) is 0.579. The molecule has 3 aliphatic rings. The van der Waals surface area contributed by atoms with Gasteiger partial charge in [-0.2, -0.15) is 4.31 Å². The van der Waals surface area contributed by atoms with Gasteiger partial charge in [0.05, 0.1) is 10.8 Å². The Balaban J connectivity index is 1.57. The number of anilines is 1. The zero-order chi connectivity index (χ0) is 19.9. The molecule has 9 heteroatoms. The summed E-state index contributed by atoms with van der Waals surface area (Å²) in [6.45, 7) is 2.81. The second kappa shape index (κ2) is 7.68. The number of fused-ring (bicyclic) bond motifs is 1. The molecule has 1 aromatic rings. The van der Waals surface area contributed by atoms with E-state index in [9.17, 15) is 18.0 Å². The number of benzene rings is 1. The van der Waals surface area contributed by atoms with Crippen molar-refractivity contribution in [3.63, 3.8) is 0 Å². The summed E-state index contributed by atoms with van der Waals surface area (Å²) in [6.07, 6.45) is 3.81. The summed E-state index contributed by atoms with van der Waals surface area (Å²) < 4.78 is 27.8. The number of carbonyl (C=O) groups excluding carboxylic acids is 2. The smallest absolute Gasteiger partial charge is 0.244 e. The maximum Gasteiger partial charge on any atom is 0.244 e. The largest absolute Gasteiger partial charge is 0.354 e. The van der Waals surface area contributed by atoms with E-state index in [0.29, 0.717) is 24.8 Å². The lowest BCUT2D eigenvalue weighted by molar-refractivity contribution is -0.123. The van der Waals surface area contributed by atoms with E-state index < -0.39 is 16.1 Å². The molecule has 0 aromatic heterocycles. The van der Waals surface area contributed by atoms with Crippen LogP contribution in [-0.4, -0.2) is 55.3 Å². The van der Waals surface area contributed by atoms with Gasteiger partial charge >= 0.3 is 0 Å². The summed E-state index contributed by atoms with van der Waals surface area (Å²) in [7, 11) is -3.78. The molecule has 4 rings (SSSR count). The molecule has 1 saturated carbocycles. The van der Waals surface area contributed by atoms with E-state index in [1.165, 1.54) is 23.0 Å². The van der Waals surface area contributed by atoms with Gasteiger partial charge < -0.3 is 10.2 Å². The average molecular weight is 424 g/mol. The molecule has 1 aromatic carbocycles. The molecule has 7 nitrogen and oxygen atoms in total. The highest BCUT2D eigenvalue weighted by Crippen LogP contribution is 2.33. The lowest BCUT2D eigenvalue weighted by Gasteiger charge is -2.29. The van der Waals surface area contributed by atoms with Gasteiger partial charge in [0.15, 0.2) is 0 Å². The Morgan fingerprint density at radius 3 is 2.79 bits per heavy atom. The molecule has 0 spiro atoms. The maximum atomic E-state index is 13.3. The third kappa shape index (κ3) is 3.79. The molecule has 2 aliphatic heterocycles. The van der Waals surface area contributed by atoms with Crippen LogP contribution in [0.1, 0.15) is 31.7 Å². The van der Waals surface area contributed by atoms with Crippen LogP contribution < -0.4 is 10.2 Å². The lowest BCUT2D eigenvalue weighted by atomic mass is 10.0. The molecule has 1 saturated heterocycles. The molecule has 0 bridgehead atoms. The second-order valence-corrected chi connectivity index (χ2v) is 10.6. The summed E-state index contributed by atoms with van der Waals surface area (Å²) in [5.41, 5.74) is 1.65. The van der Waals surface area contributed by atoms with Crippen LogP contribution in [-0.2, 0) is 26.0 Å². The van der Waals surface area contributed by atoms with E-state index in [2.05, 4.69) is 5.32 Å². The summed E-state index contributed by atoms with van der Waals surface area (Å²) in [4.78, 5) is 26.3. The van der Waals surface area contributed by atoms with Crippen LogP contribution in [0.3, 0.4) is 0 Å².